The quantitative estimate of drug-likeness (QED) is 0.578. The summed E-state index contributed by atoms with van der Waals surface area (Å²) in [5, 5.41) is 0. The second kappa shape index (κ2) is 9.45. The molecule has 31 heavy (non-hydrogen) atoms. The first-order valence-electron chi connectivity index (χ1n) is 9.34. The van der Waals surface area contributed by atoms with Crippen LogP contribution in [0.4, 0.5) is 0 Å². The first-order chi connectivity index (χ1) is 14.8. The van der Waals surface area contributed by atoms with E-state index >= 15 is 0 Å². The largest absolute Gasteiger partial charge is 0.497 e. The Morgan fingerprint density at radius 1 is 1.00 bits per heavy atom. The summed E-state index contributed by atoms with van der Waals surface area (Å²) in [5.41, 5.74) is 2.60. The van der Waals surface area contributed by atoms with Gasteiger partial charge in [-0.05, 0) is 55.0 Å². The van der Waals surface area contributed by atoms with E-state index in [4.69, 9.17) is 9.47 Å². The van der Waals surface area contributed by atoms with Gasteiger partial charge in [-0.15, -0.1) is 0 Å². The van der Waals surface area contributed by atoms with Crippen LogP contribution in [0, 0.1) is 18.8 Å². The predicted octanol–water partition coefficient (Wildman–Crippen LogP) is 4.10. The summed E-state index contributed by atoms with van der Waals surface area (Å²) in [6, 6.07) is 13.9. The number of aromatic nitrogens is 1. The highest BCUT2D eigenvalue weighted by molar-refractivity contribution is 7.93. The maximum atomic E-state index is 13.0. The Morgan fingerprint density at radius 2 is 1.74 bits per heavy atom. The van der Waals surface area contributed by atoms with Crippen LogP contribution in [-0.2, 0) is 9.73 Å². The second-order valence-corrected chi connectivity index (χ2v) is 9.03. The number of carbonyl (C=O) groups is 1. The first-order valence-corrected chi connectivity index (χ1v) is 11.3. The van der Waals surface area contributed by atoms with E-state index < -0.39 is 15.6 Å². The van der Waals surface area contributed by atoms with Crippen molar-refractivity contribution in [3.8, 4) is 23.3 Å². The molecule has 2 aromatic carbocycles. The van der Waals surface area contributed by atoms with Crippen molar-refractivity contribution in [1.82, 2.24) is 4.98 Å². The van der Waals surface area contributed by atoms with Gasteiger partial charge in [0, 0.05) is 29.8 Å². The molecule has 1 atom stereocenters. The molecule has 3 rings (SSSR count). The molecule has 0 radical (unpaired) electrons. The Bertz CT molecular complexity index is 1310. The van der Waals surface area contributed by atoms with Gasteiger partial charge in [-0.2, -0.15) is 4.36 Å². The standard InChI is InChI=1S/C24H22N2O4S/c1-17-12-22(30-3)11-10-19(17)9-8-18-13-20(16-25-15-18)24(27)26-31(4,28)23-7-5-6-21(14-23)29-2/h5-7,10-16H,1-4H3. The molecule has 7 heteroatoms. The van der Waals surface area contributed by atoms with E-state index in [2.05, 4.69) is 21.2 Å². The van der Waals surface area contributed by atoms with E-state index in [1.807, 2.05) is 25.1 Å². The SMILES string of the molecule is COc1cccc(S(C)(=O)=NC(=O)c2cncc(C#Cc3ccc(OC)cc3C)c2)c1. The van der Waals surface area contributed by atoms with E-state index in [1.54, 1.807) is 43.6 Å². The third-order valence-corrected chi connectivity index (χ3v) is 6.14. The van der Waals surface area contributed by atoms with Crippen molar-refractivity contribution >= 4 is 15.6 Å². The lowest BCUT2D eigenvalue weighted by molar-refractivity contribution is 0.100. The Hall–Kier alpha value is -3.63. The van der Waals surface area contributed by atoms with E-state index in [9.17, 15) is 9.00 Å². The molecule has 158 valence electrons. The van der Waals surface area contributed by atoms with Crippen molar-refractivity contribution in [3.63, 3.8) is 0 Å². The van der Waals surface area contributed by atoms with Crippen LogP contribution in [0.5, 0.6) is 11.5 Å². The molecule has 6 nitrogen and oxygen atoms in total. The zero-order chi connectivity index (χ0) is 22.4. The van der Waals surface area contributed by atoms with Crippen LogP contribution in [0.3, 0.4) is 0 Å². The van der Waals surface area contributed by atoms with Crippen molar-refractivity contribution in [2.24, 2.45) is 4.36 Å². The van der Waals surface area contributed by atoms with Crippen LogP contribution >= 0.6 is 0 Å². The second-order valence-electron chi connectivity index (χ2n) is 6.77. The normalized spacial score (nSPS) is 12.1. The molecular formula is C24H22N2O4S. The van der Waals surface area contributed by atoms with Gasteiger partial charge in [-0.1, -0.05) is 17.9 Å². The van der Waals surface area contributed by atoms with Crippen molar-refractivity contribution in [2.75, 3.05) is 20.5 Å². The number of ether oxygens (including phenoxy) is 2. The molecule has 0 aliphatic rings. The first kappa shape index (κ1) is 22.1. The van der Waals surface area contributed by atoms with Crippen LogP contribution < -0.4 is 9.47 Å². The molecule has 0 N–H and O–H groups in total. The van der Waals surface area contributed by atoms with Crippen LogP contribution in [0.2, 0.25) is 0 Å². The van der Waals surface area contributed by atoms with Crippen molar-refractivity contribution < 1.29 is 18.5 Å². The Balaban J connectivity index is 1.89. The number of pyridine rings is 1. The minimum Gasteiger partial charge on any atom is -0.497 e. The lowest BCUT2D eigenvalue weighted by Crippen LogP contribution is -2.05. The van der Waals surface area contributed by atoms with E-state index in [1.165, 1.54) is 19.6 Å². The fraction of sp³-hybridized carbons (Fsp3) is 0.167. The van der Waals surface area contributed by atoms with Gasteiger partial charge < -0.3 is 9.47 Å². The van der Waals surface area contributed by atoms with Gasteiger partial charge in [0.1, 0.15) is 11.5 Å². The summed E-state index contributed by atoms with van der Waals surface area (Å²) in [5.74, 6) is 6.77. The molecule has 0 saturated heterocycles. The molecule has 0 aliphatic heterocycles. The third-order valence-electron chi connectivity index (χ3n) is 4.50. The summed E-state index contributed by atoms with van der Waals surface area (Å²) < 4.78 is 27.3. The van der Waals surface area contributed by atoms with Gasteiger partial charge in [-0.25, -0.2) is 4.21 Å². The number of hydrogen-bond acceptors (Lipinski definition) is 5. The number of nitrogens with zero attached hydrogens (tertiary/aromatic N) is 2. The highest BCUT2D eigenvalue weighted by Gasteiger charge is 2.13. The molecular weight excluding hydrogens is 412 g/mol. The molecule has 0 fully saturated rings. The minimum absolute atomic E-state index is 0.218. The molecule has 1 aromatic heterocycles. The van der Waals surface area contributed by atoms with E-state index in [0.717, 1.165) is 16.9 Å². The highest BCUT2D eigenvalue weighted by Crippen LogP contribution is 2.20. The number of carbonyl (C=O) groups excluding carboxylic acids is 1. The highest BCUT2D eigenvalue weighted by atomic mass is 32.2. The number of methoxy groups -OCH3 is 2. The van der Waals surface area contributed by atoms with Gasteiger partial charge in [0.2, 0.25) is 0 Å². The van der Waals surface area contributed by atoms with Gasteiger partial charge in [0.15, 0.2) is 0 Å². The Morgan fingerprint density at radius 3 is 2.45 bits per heavy atom. The average Bonchev–Trinajstić information content (AvgIpc) is 2.78. The van der Waals surface area contributed by atoms with Crippen molar-refractivity contribution in [3.05, 3.63) is 83.2 Å². The summed E-state index contributed by atoms with van der Waals surface area (Å²) >= 11 is 0. The summed E-state index contributed by atoms with van der Waals surface area (Å²) in [4.78, 5) is 17.2. The summed E-state index contributed by atoms with van der Waals surface area (Å²) in [6.07, 6.45) is 4.37. The molecule has 1 heterocycles. The van der Waals surface area contributed by atoms with Crippen LogP contribution in [0.1, 0.15) is 27.0 Å². The topological polar surface area (TPSA) is 77.9 Å². The van der Waals surface area contributed by atoms with Crippen LogP contribution in [0.15, 0.2) is 70.2 Å². The summed E-state index contributed by atoms with van der Waals surface area (Å²) in [7, 11) is 0.181. The maximum absolute atomic E-state index is 13.0. The van der Waals surface area contributed by atoms with E-state index in [0.29, 0.717) is 16.2 Å². The van der Waals surface area contributed by atoms with Crippen molar-refractivity contribution in [1.29, 1.82) is 0 Å². The van der Waals surface area contributed by atoms with Crippen LogP contribution in [0.25, 0.3) is 0 Å². The zero-order valence-electron chi connectivity index (χ0n) is 17.7. The number of amides is 1. The maximum Gasteiger partial charge on any atom is 0.286 e. The average molecular weight is 435 g/mol. The Kier molecular flexibility index (Phi) is 6.73. The number of rotatable bonds is 4. The molecule has 0 spiro atoms. The fourth-order valence-electron chi connectivity index (χ4n) is 2.77. The molecule has 3 aromatic rings. The summed E-state index contributed by atoms with van der Waals surface area (Å²) in [6.45, 7) is 1.94. The zero-order valence-corrected chi connectivity index (χ0v) is 18.5. The van der Waals surface area contributed by atoms with Crippen LogP contribution in [-0.4, -0.2) is 35.6 Å². The lowest BCUT2D eigenvalue weighted by Gasteiger charge is -2.06. The van der Waals surface area contributed by atoms with Gasteiger partial charge >= 0.3 is 0 Å². The lowest BCUT2D eigenvalue weighted by atomic mass is 10.1. The third kappa shape index (κ3) is 5.50. The molecule has 1 amide bonds. The number of benzene rings is 2. The molecule has 0 aliphatic carbocycles. The number of aryl methyl sites for hydroxylation is 1. The Labute approximate surface area is 182 Å². The van der Waals surface area contributed by atoms with Gasteiger partial charge in [-0.3, -0.25) is 9.78 Å². The smallest absolute Gasteiger partial charge is 0.286 e. The molecule has 1 unspecified atom stereocenters. The molecule has 0 bridgehead atoms. The minimum atomic E-state index is -2.95. The monoisotopic (exact) mass is 434 g/mol. The fourth-order valence-corrected chi connectivity index (χ4v) is 3.96. The molecule has 0 saturated carbocycles. The van der Waals surface area contributed by atoms with Crippen molar-refractivity contribution in [2.45, 2.75) is 11.8 Å². The predicted molar refractivity (Wildman–Crippen MR) is 120 cm³/mol. The number of hydrogen-bond donors (Lipinski definition) is 0. The van der Waals surface area contributed by atoms with Gasteiger partial charge in [0.25, 0.3) is 5.91 Å². The van der Waals surface area contributed by atoms with E-state index in [-0.39, 0.29) is 5.56 Å². The van der Waals surface area contributed by atoms with Gasteiger partial charge in [0.05, 0.1) is 34.4 Å².